The summed E-state index contributed by atoms with van der Waals surface area (Å²) in [6, 6.07) is 18.6. The van der Waals surface area contributed by atoms with E-state index in [2.05, 4.69) is 49.2 Å². The first-order valence-electron chi connectivity index (χ1n) is 9.00. The Balaban J connectivity index is 1.78. The SMILES string of the molecule is CCC1(C)Cc2ccccc2-c2nc(SCc3ccccc3)[nH]c(=O)c21. The zero-order valence-corrected chi connectivity index (χ0v) is 15.9. The van der Waals surface area contributed by atoms with Crippen molar-refractivity contribution in [1.29, 1.82) is 0 Å². The van der Waals surface area contributed by atoms with Crippen LogP contribution in [0.1, 0.15) is 37.0 Å². The second kappa shape index (κ2) is 6.76. The first-order valence-corrected chi connectivity index (χ1v) is 9.99. The van der Waals surface area contributed by atoms with Crippen LogP contribution in [0.15, 0.2) is 64.5 Å². The summed E-state index contributed by atoms with van der Waals surface area (Å²) in [5.41, 5.74) is 5.12. The molecule has 3 aromatic rings. The maximum Gasteiger partial charge on any atom is 0.255 e. The maximum absolute atomic E-state index is 13.0. The van der Waals surface area contributed by atoms with Crippen LogP contribution in [0.4, 0.5) is 0 Å². The molecule has 0 spiro atoms. The highest BCUT2D eigenvalue weighted by atomic mass is 32.2. The molecule has 4 rings (SSSR count). The van der Waals surface area contributed by atoms with Gasteiger partial charge in [0, 0.05) is 22.3 Å². The summed E-state index contributed by atoms with van der Waals surface area (Å²) >= 11 is 1.58. The number of nitrogens with zero attached hydrogens (tertiary/aromatic N) is 1. The molecule has 1 N–H and O–H groups in total. The Hall–Kier alpha value is -2.33. The van der Waals surface area contributed by atoms with E-state index in [0.717, 1.165) is 35.4 Å². The third-order valence-corrected chi connectivity index (χ3v) is 6.30. The minimum absolute atomic E-state index is 0.00409. The molecule has 4 heteroatoms. The monoisotopic (exact) mass is 362 g/mol. The van der Waals surface area contributed by atoms with Crippen molar-refractivity contribution in [2.75, 3.05) is 0 Å². The Bertz CT molecular complexity index is 997. The number of rotatable bonds is 4. The number of aromatic nitrogens is 2. The predicted molar refractivity (Wildman–Crippen MR) is 108 cm³/mol. The summed E-state index contributed by atoms with van der Waals surface area (Å²) in [7, 11) is 0. The van der Waals surface area contributed by atoms with Gasteiger partial charge in [0.2, 0.25) is 0 Å². The molecule has 1 atom stereocenters. The molecular weight excluding hydrogens is 340 g/mol. The van der Waals surface area contributed by atoms with Gasteiger partial charge in [0.1, 0.15) is 0 Å². The lowest BCUT2D eigenvalue weighted by atomic mass is 9.69. The topological polar surface area (TPSA) is 45.8 Å². The molecule has 1 aliphatic rings. The summed E-state index contributed by atoms with van der Waals surface area (Å²) in [6.07, 6.45) is 1.80. The molecule has 0 saturated heterocycles. The van der Waals surface area contributed by atoms with Gasteiger partial charge >= 0.3 is 0 Å². The zero-order valence-electron chi connectivity index (χ0n) is 15.1. The lowest BCUT2D eigenvalue weighted by Gasteiger charge is -2.34. The van der Waals surface area contributed by atoms with Gasteiger partial charge in [-0.15, -0.1) is 0 Å². The molecule has 0 bridgehead atoms. The van der Waals surface area contributed by atoms with Crippen molar-refractivity contribution in [3.63, 3.8) is 0 Å². The van der Waals surface area contributed by atoms with Gasteiger partial charge in [0.15, 0.2) is 5.16 Å². The second-order valence-corrected chi connectivity index (χ2v) is 8.08. The quantitative estimate of drug-likeness (QED) is 0.527. The molecule has 0 aliphatic heterocycles. The number of nitrogens with one attached hydrogen (secondary N) is 1. The van der Waals surface area contributed by atoms with E-state index < -0.39 is 0 Å². The number of benzene rings is 2. The van der Waals surface area contributed by atoms with E-state index >= 15 is 0 Å². The second-order valence-electron chi connectivity index (χ2n) is 7.12. The van der Waals surface area contributed by atoms with Crippen LogP contribution in [0.3, 0.4) is 0 Å². The standard InChI is InChI=1S/C22H22N2OS/c1-3-22(2)13-16-11-7-8-12-17(16)19-18(22)20(25)24-21(23-19)26-14-15-9-5-4-6-10-15/h4-12H,3,13-14H2,1-2H3,(H,23,24,25). The lowest BCUT2D eigenvalue weighted by Crippen LogP contribution is -2.36. The summed E-state index contributed by atoms with van der Waals surface area (Å²) in [5.74, 6) is 0.787. The molecule has 0 fully saturated rings. The van der Waals surface area contributed by atoms with E-state index in [9.17, 15) is 4.79 Å². The highest BCUT2D eigenvalue weighted by molar-refractivity contribution is 7.98. The van der Waals surface area contributed by atoms with Crippen LogP contribution in [0, 0.1) is 0 Å². The molecule has 1 heterocycles. The predicted octanol–water partition coefficient (Wildman–Crippen LogP) is 4.95. The minimum atomic E-state index is -0.174. The van der Waals surface area contributed by atoms with Gasteiger partial charge in [0.05, 0.1) is 5.69 Å². The molecule has 1 aromatic heterocycles. The number of hydrogen-bond donors (Lipinski definition) is 1. The van der Waals surface area contributed by atoms with Crippen molar-refractivity contribution in [1.82, 2.24) is 9.97 Å². The number of fused-ring (bicyclic) bond motifs is 3. The van der Waals surface area contributed by atoms with Crippen molar-refractivity contribution >= 4 is 11.8 Å². The van der Waals surface area contributed by atoms with Crippen LogP contribution in [0.25, 0.3) is 11.3 Å². The molecule has 26 heavy (non-hydrogen) atoms. The van der Waals surface area contributed by atoms with Gasteiger partial charge in [-0.3, -0.25) is 4.79 Å². The summed E-state index contributed by atoms with van der Waals surface area (Å²) in [5, 5.41) is 0.688. The van der Waals surface area contributed by atoms with E-state index in [-0.39, 0.29) is 11.0 Å². The fraction of sp³-hybridized carbons (Fsp3) is 0.273. The zero-order chi connectivity index (χ0) is 18.1. The number of thioether (sulfide) groups is 1. The molecule has 0 saturated carbocycles. The maximum atomic E-state index is 13.0. The third-order valence-electron chi connectivity index (χ3n) is 5.35. The van der Waals surface area contributed by atoms with Crippen LogP contribution < -0.4 is 5.56 Å². The average molecular weight is 362 g/mol. The van der Waals surface area contributed by atoms with Crippen LogP contribution in [-0.2, 0) is 17.6 Å². The Kier molecular flexibility index (Phi) is 4.45. The lowest BCUT2D eigenvalue weighted by molar-refractivity contribution is 0.438. The van der Waals surface area contributed by atoms with E-state index in [0.29, 0.717) is 5.16 Å². The van der Waals surface area contributed by atoms with Gasteiger partial charge in [-0.05, 0) is 24.0 Å². The molecule has 132 valence electrons. The molecular formula is C22H22N2OS. The fourth-order valence-corrected chi connectivity index (χ4v) is 4.53. The van der Waals surface area contributed by atoms with Crippen LogP contribution in [-0.4, -0.2) is 9.97 Å². The third kappa shape index (κ3) is 2.99. The van der Waals surface area contributed by atoms with Gasteiger partial charge < -0.3 is 4.98 Å². The Morgan fingerprint density at radius 3 is 2.62 bits per heavy atom. The Morgan fingerprint density at radius 1 is 1.12 bits per heavy atom. The van der Waals surface area contributed by atoms with Crippen molar-refractivity contribution in [2.45, 2.75) is 43.0 Å². The smallest absolute Gasteiger partial charge is 0.255 e. The van der Waals surface area contributed by atoms with Crippen molar-refractivity contribution in [3.8, 4) is 11.3 Å². The highest BCUT2D eigenvalue weighted by Gasteiger charge is 2.37. The van der Waals surface area contributed by atoms with Gasteiger partial charge in [-0.25, -0.2) is 4.98 Å². The Morgan fingerprint density at radius 2 is 1.85 bits per heavy atom. The first kappa shape index (κ1) is 17.1. The van der Waals surface area contributed by atoms with Gasteiger partial charge in [-0.1, -0.05) is 80.2 Å². The van der Waals surface area contributed by atoms with Crippen molar-refractivity contribution in [2.24, 2.45) is 0 Å². The van der Waals surface area contributed by atoms with Crippen LogP contribution >= 0.6 is 11.8 Å². The molecule has 0 amide bonds. The normalized spacial score (nSPS) is 18.2. The fourth-order valence-electron chi connectivity index (χ4n) is 3.72. The minimum Gasteiger partial charge on any atom is -0.301 e. The summed E-state index contributed by atoms with van der Waals surface area (Å²) in [6.45, 7) is 4.32. The van der Waals surface area contributed by atoms with E-state index in [1.807, 2.05) is 24.3 Å². The number of aromatic amines is 1. The van der Waals surface area contributed by atoms with Crippen LogP contribution in [0.2, 0.25) is 0 Å². The number of hydrogen-bond acceptors (Lipinski definition) is 3. The molecule has 3 nitrogen and oxygen atoms in total. The molecule has 0 radical (unpaired) electrons. The van der Waals surface area contributed by atoms with Crippen molar-refractivity contribution < 1.29 is 0 Å². The summed E-state index contributed by atoms with van der Waals surface area (Å²) in [4.78, 5) is 20.9. The molecule has 2 aromatic carbocycles. The first-order chi connectivity index (χ1) is 12.6. The summed E-state index contributed by atoms with van der Waals surface area (Å²) < 4.78 is 0. The van der Waals surface area contributed by atoms with E-state index in [4.69, 9.17) is 4.98 Å². The van der Waals surface area contributed by atoms with E-state index in [1.165, 1.54) is 11.1 Å². The largest absolute Gasteiger partial charge is 0.301 e. The molecule has 1 aliphatic carbocycles. The Labute approximate surface area is 157 Å². The average Bonchev–Trinajstić information content (AvgIpc) is 2.67. The highest BCUT2D eigenvalue weighted by Crippen LogP contribution is 2.42. The van der Waals surface area contributed by atoms with Gasteiger partial charge in [0.25, 0.3) is 5.56 Å². The van der Waals surface area contributed by atoms with Gasteiger partial charge in [-0.2, -0.15) is 0 Å². The van der Waals surface area contributed by atoms with Crippen molar-refractivity contribution in [3.05, 3.63) is 81.6 Å². The van der Waals surface area contributed by atoms with Crippen LogP contribution in [0.5, 0.6) is 0 Å². The number of H-pyrrole nitrogens is 1. The van der Waals surface area contributed by atoms with E-state index in [1.54, 1.807) is 11.8 Å². The molecule has 1 unspecified atom stereocenters.